The summed E-state index contributed by atoms with van der Waals surface area (Å²) in [6, 6.07) is 6.84. The van der Waals surface area contributed by atoms with E-state index in [4.69, 9.17) is 54.4 Å². The van der Waals surface area contributed by atoms with Crippen LogP contribution in [0.5, 0.6) is 0 Å². The van der Waals surface area contributed by atoms with Crippen molar-refractivity contribution < 1.29 is 71.0 Å². The molecule has 7 atom stereocenters. The maximum Gasteiger partial charge on any atom is 0.351 e. The van der Waals surface area contributed by atoms with Crippen molar-refractivity contribution in [3.63, 3.8) is 0 Å². The molecule has 1 aliphatic rings. The van der Waals surface area contributed by atoms with Gasteiger partial charge in [-0.25, -0.2) is 4.79 Å². The largest absolute Gasteiger partial charge is 0.471 e. The number of thiocarbonyl (C=S) groups is 1. The number of ether oxygens (including phenoxy) is 7. The van der Waals surface area contributed by atoms with Crippen LogP contribution in [0.25, 0.3) is 0 Å². The fourth-order valence-electron chi connectivity index (χ4n) is 5.00. The van der Waals surface area contributed by atoms with E-state index in [1.54, 1.807) is 44.2 Å². The summed E-state index contributed by atoms with van der Waals surface area (Å²) >= 11 is 5.61. The quantitative estimate of drug-likeness (QED) is 0.112. The van der Waals surface area contributed by atoms with Crippen LogP contribution in [0.15, 0.2) is 30.3 Å². The highest BCUT2D eigenvalue weighted by Crippen LogP contribution is 2.59. The summed E-state index contributed by atoms with van der Waals surface area (Å²) in [5.74, 6) is -5.30. The van der Waals surface area contributed by atoms with E-state index in [1.165, 1.54) is 0 Å². The molecule has 0 saturated carbocycles. The number of methoxy groups -OCH3 is 1. The number of amides is 1. The van der Waals surface area contributed by atoms with Crippen LogP contribution < -0.4 is 5.32 Å². The van der Waals surface area contributed by atoms with E-state index < -0.39 is 92.6 Å². The average Bonchev–Trinajstić information content (AvgIpc) is 3.03. The lowest BCUT2D eigenvalue weighted by atomic mass is 9.87. The number of esters is 5. The third kappa shape index (κ3) is 11.1. The van der Waals surface area contributed by atoms with Gasteiger partial charge in [-0.3, -0.25) is 24.0 Å². The molecule has 1 fully saturated rings. The predicted molar refractivity (Wildman–Crippen MR) is 174 cm³/mol. The highest BCUT2D eigenvalue weighted by atomic mass is 32.1. The van der Waals surface area contributed by atoms with Crippen molar-refractivity contribution in [1.82, 2.24) is 5.32 Å². The van der Waals surface area contributed by atoms with E-state index in [0.717, 1.165) is 41.7 Å². The lowest BCUT2D eigenvalue weighted by Gasteiger charge is -2.53. The van der Waals surface area contributed by atoms with Gasteiger partial charge in [0.1, 0.15) is 12.7 Å². The van der Waals surface area contributed by atoms with E-state index in [0.29, 0.717) is 5.56 Å². The van der Waals surface area contributed by atoms with Crippen LogP contribution in [0.3, 0.4) is 0 Å². The van der Waals surface area contributed by atoms with E-state index in [2.05, 4.69) is 5.32 Å². The van der Waals surface area contributed by atoms with Gasteiger partial charge in [-0.2, -0.15) is 0 Å². The molecule has 0 aliphatic carbocycles. The number of carbonyl (C=O) groups is 6. The van der Waals surface area contributed by atoms with E-state index in [-0.39, 0.29) is 18.3 Å². The van der Waals surface area contributed by atoms with Crippen molar-refractivity contribution in [2.75, 3.05) is 26.9 Å². The monoisotopic (exact) mass is 731 g/mol. The van der Waals surface area contributed by atoms with Gasteiger partial charge < -0.3 is 47.5 Å². The average molecular weight is 732 g/mol. The molecule has 1 aromatic carbocycles. The number of hydrogen-bond acceptors (Lipinski definition) is 16. The summed E-state index contributed by atoms with van der Waals surface area (Å²) in [5.41, 5.74) is 0.391. The Hall–Kier alpha value is -3.76. The van der Waals surface area contributed by atoms with Crippen LogP contribution in [0.4, 0.5) is 0 Å². The summed E-state index contributed by atoms with van der Waals surface area (Å²) in [6.07, 6.45) is -8.52. The topological polar surface area (TPSA) is 198 Å². The first-order valence-electron chi connectivity index (χ1n) is 15.1. The molecular weight excluding hydrogens is 689 g/mol. The molecule has 1 N–H and O–H groups in total. The lowest BCUT2D eigenvalue weighted by molar-refractivity contribution is -0.251. The van der Waals surface area contributed by atoms with Crippen molar-refractivity contribution in [3.8, 4) is 0 Å². The van der Waals surface area contributed by atoms with E-state index in [9.17, 15) is 28.8 Å². The number of nitrogens with one attached hydrogen (secondary N) is 1. The molecule has 49 heavy (non-hydrogen) atoms. The molecule has 0 radical (unpaired) electrons. The van der Waals surface area contributed by atoms with Crippen molar-refractivity contribution in [2.45, 2.75) is 90.4 Å². The molecule has 1 amide bonds. The second kappa shape index (κ2) is 19.4. The van der Waals surface area contributed by atoms with E-state index in [1.807, 2.05) is 0 Å². The molecule has 0 bridgehead atoms. The first kappa shape index (κ1) is 41.4. The Labute approximate surface area is 290 Å². The van der Waals surface area contributed by atoms with Gasteiger partial charge in [0, 0.05) is 40.2 Å². The summed E-state index contributed by atoms with van der Waals surface area (Å²) in [7, 11) is -1.53. The highest BCUT2D eigenvalue weighted by Gasteiger charge is 2.70. The Morgan fingerprint density at radius 2 is 1.47 bits per heavy atom. The fraction of sp³-hybridized carbons (Fsp3) is 0.581. The van der Waals surface area contributed by atoms with Crippen LogP contribution >= 0.6 is 20.6 Å². The molecule has 0 aromatic heterocycles. The SMILES string of the molecule is CCOP(OCC)C1(C(=O)OC)O[C@@H]([C@H](OC(C)=O)[C@@H](COC(C)=O)OC(C)=O)[C@H](NC(C)=O)[C@@H](OC(C)=O)[C@@H]1OC(=S)c1ccccc1. The number of benzene rings is 1. The number of rotatable bonds is 16. The van der Waals surface area contributed by atoms with Gasteiger partial charge in [-0.05, 0) is 26.1 Å². The van der Waals surface area contributed by atoms with Gasteiger partial charge in [0.15, 0.2) is 29.5 Å². The van der Waals surface area contributed by atoms with Crippen LogP contribution in [-0.4, -0.2) is 110 Å². The smallest absolute Gasteiger partial charge is 0.351 e. The minimum Gasteiger partial charge on any atom is -0.471 e. The van der Waals surface area contributed by atoms with Gasteiger partial charge >= 0.3 is 29.8 Å². The zero-order valence-corrected chi connectivity index (χ0v) is 30.2. The van der Waals surface area contributed by atoms with E-state index >= 15 is 0 Å². The zero-order valence-electron chi connectivity index (χ0n) is 28.5. The van der Waals surface area contributed by atoms with Crippen molar-refractivity contribution >= 4 is 61.4 Å². The Morgan fingerprint density at radius 1 is 0.878 bits per heavy atom. The summed E-state index contributed by atoms with van der Waals surface area (Å²) in [4.78, 5) is 76.5. The molecule has 0 spiro atoms. The predicted octanol–water partition coefficient (Wildman–Crippen LogP) is 2.26. The Balaban J connectivity index is 3.07. The van der Waals surface area contributed by atoms with Crippen LogP contribution in [0.2, 0.25) is 0 Å². The Bertz CT molecular complexity index is 1340. The molecular formula is C31H42NO15PS. The van der Waals surface area contributed by atoms with Crippen molar-refractivity contribution in [2.24, 2.45) is 0 Å². The van der Waals surface area contributed by atoms with Gasteiger partial charge in [0.25, 0.3) is 5.34 Å². The summed E-state index contributed by atoms with van der Waals surface area (Å²) in [6.45, 7) is 7.91. The molecule has 1 heterocycles. The van der Waals surface area contributed by atoms with Crippen LogP contribution in [0, 0.1) is 0 Å². The molecule has 1 unspecified atom stereocenters. The maximum absolute atomic E-state index is 14.2. The second-order valence-electron chi connectivity index (χ2n) is 10.4. The molecule has 16 nitrogen and oxygen atoms in total. The second-order valence-corrected chi connectivity index (χ2v) is 12.4. The molecule has 1 aliphatic heterocycles. The first-order chi connectivity index (χ1) is 23.1. The van der Waals surface area contributed by atoms with Gasteiger partial charge in [0.2, 0.25) is 14.3 Å². The molecule has 1 aromatic rings. The molecule has 2 rings (SSSR count). The van der Waals surface area contributed by atoms with Crippen molar-refractivity contribution in [3.05, 3.63) is 35.9 Å². The Kier molecular flexibility index (Phi) is 16.4. The van der Waals surface area contributed by atoms with Gasteiger partial charge in [0.05, 0.1) is 26.4 Å². The third-order valence-electron chi connectivity index (χ3n) is 6.63. The summed E-state index contributed by atoms with van der Waals surface area (Å²) < 4.78 is 52.0. The lowest BCUT2D eigenvalue weighted by Crippen LogP contribution is -2.74. The first-order valence-corrected chi connectivity index (χ1v) is 16.7. The molecule has 18 heteroatoms. The van der Waals surface area contributed by atoms with Crippen LogP contribution in [-0.2, 0) is 71.0 Å². The zero-order chi connectivity index (χ0) is 36.9. The molecule has 272 valence electrons. The summed E-state index contributed by atoms with van der Waals surface area (Å²) in [5, 5.41) is -0.0547. The fourth-order valence-corrected chi connectivity index (χ4v) is 7.02. The highest BCUT2D eigenvalue weighted by molar-refractivity contribution is 7.80. The minimum atomic E-state index is -2.58. The third-order valence-corrected chi connectivity index (χ3v) is 9.03. The number of hydrogen-bond donors (Lipinski definition) is 1. The standard InChI is InChI=1S/C31H42NO15PS/c1-9-41-48(42-10-2)31(30(38)39-8)28(46-29(49)22-14-12-11-13-15-22)27(45-21(7)37)24(32-17(3)33)26(47-31)25(44-20(6)36)23(43-19(5)35)16-40-18(4)34/h11-15,23-28H,9-10,16H2,1-8H3,(H,32,33)/t23-,24+,25-,26-,27-,28+,31?/m1/s1. The van der Waals surface area contributed by atoms with Crippen LogP contribution in [0.1, 0.15) is 54.0 Å². The minimum absolute atomic E-state index is 0.0302. The number of carbonyl (C=O) groups excluding carboxylic acids is 6. The molecule has 1 saturated heterocycles. The normalized spacial score (nSPS) is 22.9. The Morgan fingerprint density at radius 3 is 1.94 bits per heavy atom. The van der Waals surface area contributed by atoms with Crippen molar-refractivity contribution in [1.29, 1.82) is 0 Å². The maximum atomic E-state index is 14.2. The van der Waals surface area contributed by atoms with Gasteiger partial charge in [-0.1, -0.05) is 30.3 Å². The van der Waals surface area contributed by atoms with Gasteiger partial charge in [-0.15, -0.1) is 0 Å².